The molecule has 5 nitrogen and oxygen atoms in total. The number of imidazole rings is 1. The largest absolute Gasteiger partial charge is 0.480 e. The van der Waals surface area contributed by atoms with Crippen LogP contribution in [0.4, 0.5) is 0 Å². The van der Waals surface area contributed by atoms with Gasteiger partial charge in [-0.25, -0.2) is 4.98 Å². The third kappa shape index (κ3) is 3.42. The van der Waals surface area contributed by atoms with Crippen molar-refractivity contribution in [1.82, 2.24) is 14.9 Å². The topological polar surface area (TPSA) is 67.2 Å². The molecule has 2 rings (SSSR count). The number of nitrogens with one attached hydrogen (secondary N) is 1. The van der Waals surface area contributed by atoms with Gasteiger partial charge < -0.3 is 15.0 Å². The van der Waals surface area contributed by atoms with Gasteiger partial charge in [-0.05, 0) is 5.56 Å². The third-order valence-electron chi connectivity index (χ3n) is 3.00. The number of nitrogens with zero attached hydrogens (tertiary/aromatic N) is 2. The molecule has 19 heavy (non-hydrogen) atoms. The molecule has 0 saturated carbocycles. The van der Waals surface area contributed by atoms with Gasteiger partial charge in [0.15, 0.2) is 0 Å². The van der Waals surface area contributed by atoms with Crippen molar-refractivity contribution in [2.24, 2.45) is 7.05 Å². The molecule has 1 aromatic carbocycles. The Morgan fingerprint density at radius 3 is 2.74 bits per heavy atom. The Labute approximate surface area is 111 Å². The summed E-state index contributed by atoms with van der Waals surface area (Å²) in [5.74, 6) is 0.0655. The Morgan fingerprint density at radius 1 is 1.42 bits per heavy atom. The average molecular weight is 259 g/mol. The van der Waals surface area contributed by atoms with Gasteiger partial charge in [0.05, 0.1) is 0 Å². The first-order valence-electron chi connectivity index (χ1n) is 6.16. The van der Waals surface area contributed by atoms with E-state index in [1.807, 2.05) is 48.1 Å². The molecule has 0 spiro atoms. The van der Waals surface area contributed by atoms with Crippen molar-refractivity contribution in [2.45, 2.75) is 12.5 Å². The highest BCUT2D eigenvalue weighted by molar-refractivity contribution is 5.75. The second-order valence-electron chi connectivity index (χ2n) is 4.34. The number of carboxylic acids is 1. The first-order chi connectivity index (χ1) is 9.18. The maximum Gasteiger partial charge on any atom is 0.325 e. The summed E-state index contributed by atoms with van der Waals surface area (Å²) < 4.78 is 1.93. The summed E-state index contributed by atoms with van der Waals surface area (Å²) in [6.07, 6.45) is 4.31. The van der Waals surface area contributed by atoms with Crippen LogP contribution in [0.25, 0.3) is 0 Å². The predicted octanol–water partition coefficient (Wildman–Crippen LogP) is 1.38. The van der Waals surface area contributed by atoms with Crippen LogP contribution in [0.15, 0.2) is 42.7 Å². The van der Waals surface area contributed by atoms with Crippen molar-refractivity contribution < 1.29 is 9.90 Å². The number of rotatable bonds is 6. The lowest BCUT2D eigenvalue weighted by atomic mass is 10.1. The zero-order chi connectivity index (χ0) is 13.7. The molecule has 0 aliphatic heterocycles. The summed E-state index contributed by atoms with van der Waals surface area (Å²) in [7, 11) is 1.92. The number of hydrogen-bond donors (Lipinski definition) is 2. The lowest BCUT2D eigenvalue weighted by Gasteiger charge is -2.14. The van der Waals surface area contributed by atoms with Gasteiger partial charge in [0.1, 0.15) is 11.9 Å². The Balaban J connectivity index is 1.95. The van der Waals surface area contributed by atoms with Gasteiger partial charge in [-0.15, -0.1) is 0 Å². The predicted molar refractivity (Wildman–Crippen MR) is 71.7 cm³/mol. The molecule has 1 atom stereocenters. The maximum absolute atomic E-state index is 11.3. The van der Waals surface area contributed by atoms with Crippen LogP contribution in [0.5, 0.6) is 0 Å². The SMILES string of the molecule is Cn1ccnc1CCNC(C(=O)O)c1ccccc1. The molecule has 0 radical (unpaired) electrons. The Kier molecular flexibility index (Phi) is 4.30. The number of benzene rings is 1. The van der Waals surface area contributed by atoms with Crippen LogP contribution in [0.3, 0.4) is 0 Å². The average Bonchev–Trinajstić information content (AvgIpc) is 2.81. The van der Waals surface area contributed by atoms with Crippen molar-refractivity contribution in [3.63, 3.8) is 0 Å². The number of aromatic nitrogens is 2. The van der Waals surface area contributed by atoms with Gasteiger partial charge in [0, 0.05) is 32.4 Å². The van der Waals surface area contributed by atoms with E-state index in [4.69, 9.17) is 0 Å². The van der Waals surface area contributed by atoms with Crippen molar-refractivity contribution in [3.05, 3.63) is 54.1 Å². The molecule has 2 N–H and O–H groups in total. The molecule has 0 amide bonds. The van der Waals surface area contributed by atoms with E-state index in [1.165, 1.54) is 0 Å². The molecule has 100 valence electrons. The highest BCUT2D eigenvalue weighted by Gasteiger charge is 2.18. The summed E-state index contributed by atoms with van der Waals surface area (Å²) in [6.45, 7) is 0.566. The highest BCUT2D eigenvalue weighted by atomic mass is 16.4. The number of aryl methyl sites for hydroxylation is 1. The van der Waals surface area contributed by atoms with Crippen LogP contribution in [0.1, 0.15) is 17.4 Å². The standard InChI is InChI=1S/C14H17N3O2/c1-17-10-9-15-12(17)7-8-16-13(14(18)19)11-5-3-2-4-6-11/h2-6,9-10,13,16H,7-8H2,1H3,(H,18,19). The summed E-state index contributed by atoms with van der Waals surface area (Å²) in [6, 6.07) is 8.49. The Morgan fingerprint density at radius 2 is 2.16 bits per heavy atom. The second kappa shape index (κ2) is 6.15. The molecule has 5 heteroatoms. The Bertz CT molecular complexity index is 537. The molecule has 1 heterocycles. The molecule has 0 fully saturated rings. The van der Waals surface area contributed by atoms with E-state index in [2.05, 4.69) is 10.3 Å². The number of aliphatic carboxylic acids is 1. The van der Waals surface area contributed by atoms with Crippen molar-refractivity contribution >= 4 is 5.97 Å². The van der Waals surface area contributed by atoms with Crippen LogP contribution in [0, 0.1) is 0 Å². The second-order valence-corrected chi connectivity index (χ2v) is 4.34. The van der Waals surface area contributed by atoms with Gasteiger partial charge in [-0.2, -0.15) is 0 Å². The van der Waals surface area contributed by atoms with Gasteiger partial charge in [0.2, 0.25) is 0 Å². The molecule has 0 aliphatic carbocycles. The fourth-order valence-corrected chi connectivity index (χ4v) is 1.96. The van der Waals surface area contributed by atoms with Crippen LogP contribution in [-0.2, 0) is 18.3 Å². The molecule has 1 aromatic heterocycles. The van der Waals surface area contributed by atoms with E-state index in [0.717, 1.165) is 11.4 Å². The molecule has 0 aliphatic rings. The molecular formula is C14H17N3O2. The molecule has 1 unspecified atom stereocenters. The first-order valence-corrected chi connectivity index (χ1v) is 6.16. The van der Waals surface area contributed by atoms with Gasteiger partial charge in [-0.3, -0.25) is 4.79 Å². The minimum atomic E-state index is -0.869. The number of carboxylic acid groups (broad SMARTS) is 1. The van der Waals surface area contributed by atoms with E-state index < -0.39 is 12.0 Å². The summed E-state index contributed by atoms with van der Waals surface area (Å²) in [4.78, 5) is 15.5. The van der Waals surface area contributed by atoms with E-state index in [1.54, 1.807) is 6.20 Å². The van der Waals surface area contributed by atoms with E-state index in [9.17, 15) is 9.90 Å². The number of carbonyl (C=O) groups is 1. The minimum Gasteiger partial charge on any atom is -0.480 e. The smallest absolute Gasteiger partial charge is 0.325 e. The molecule has 0 saturated heterocycles. The maximum atomic E-state index is 11.3. The van der Waals surface area contributed by atoms with E-state index in [-0.39, 0.29) is 0 Å². The van der Waals surface area contributed by atoms with Gasteiger partial charge in [0.25, 0.3) is 0 Å². The summed E-state index contributed by atoms with van der Waals surface area (Å²) >= 11 is 0. The van der Waals surface area contributed by atoms with Gasteiger partial charge in [-0.1, -0.05) is 30.3 Å². The normalized spacial score (nSPS) is 12.3. The zero-order valence-corrected chi connectivity index (χ0v) is 10.8. The quantitative estimate of drug-likeness (QED) is 0.822. The van der Waals surface area contributed by atoms with Crippen LogP contribution in [-0.4, -0.2) is 27.2 Å². The molecule has 2 aromatic rings. The third-order valence-corrected chi connectivity index (χ3v) is 3.00. The van der Waals surface area contributed by atoms with Crippen molar-refractivity contribution in [3.8, 4) is 0 Å². The minimum absolute atomic E-state index is 0.566. The van der Waals surface area contributed by atoms with Crippen molar-refractivity contribution in [2.75, 3.05) is 6.54 Å². The fourth-order valence-electron chi connectivity index (χ4n) is 1.96. The van der Waals surface area contributed by atoms with E-state index >= 15 is 0 Å². The molecular weight excluding hydrogens is 242 g/mol. The first kappa shape index (κ1) is 13.3. The fraction of sp³-hybridized carbons (Fsp3) is 0.286. The van der Waals surface area contributed by atoms with Crippen LogP contribution >= 0.6 is 0 Å². The zero-order valence-electron chi connectivity index (χ0n) is 10.8. The van der Waals surface area contributed by atoms with Crippen LogP contribution in [0.2, 0.25) is 0 Å². The van der Waals surface area contributed by atoms with E-state index in [0.29, 0.717) is 13.0 Å². The molecule has 0 bridgehead atoms. The van der Waals surface area contributed by atoms with Gasteiger partial charge >= 0.3 is 5.97 Å². The number of hydrogen-bond acceptors (Lipinski definition) is 3. The van der Waals surface area contributed by atoms with Crippen molar-refractivity contribution in [1.29, 1.82) is 0 Å². The summed E-state index contributed by atoms with van der Waals surface area (Å²) in [5, 5.41) is 12.3. The Hall–Kier alpha value is -2.14. The summed E-state index contributed by atoms with van der Waals surface area (Å²) in [5.41, 5.74) is 0.759. The lowest BCUT2D eigenvalue weighted by molar-refractivity contribution is -0.139. The van der Waals surface area contributed by atoms with Crippen LogP contribution < -0.4 is 5.32 Å². The lowest BCUT2D eigenvalue weighted by Crippen LogP contribution is -2.30. The highest BCUT2D eigenvalue weighted by Crippen LogP contribution is 2.12. The monoisotopic (exact) mass is 259 g/mol.